The van der Waals surface area contributed by atoms with E-state index in [-0.39, 0.29) is 5.91 Å². The van der Waals surface area contributed by atoms with Crippen LogP contribution in [0.5, 0.6) is 0 Å². The van der Waals surface area contributed by atoms with Gasteiger partial charge in [-0.05, 0) is 42.0 Å². The number of nitrogens with zero attached hydrogens (tertiary/aromatic N) is 5. The lowest BCUT2D eigenvalue weighted by Gasteiger charge is -2.06. The third-order valence-corrected chi connectivity index (χ3v) is 5.82. The molecule has 3 N–H and O–H groups in total. The summed E-state index contributed by atoms with van der Waals surface area (Å²) in [7, 11) is 0. The van der Waals surface area contributed by atoms with E-state index in [0.29, 0.717) is 23.6 Å². The lowest BCUT2D eigenvalue weighted by atomic mass is 10.0. The maximum atomic E-state index is 11.8. The van der Waals surface area contributed by atoms with Gasteiger partial charge in [-0.25, -0.2) is 4.98 Å². The number of pyridine rings is 3. The molecule has 0 saturated heterocycles. The Morgan fingerprint density at radius 2 is 1.77 bits per heavy atom. The fourth-order valence-corrected chi connectivity index (χ4v) is 4.06. The van der Waals surface area contributed by atoms with Crippen molar-refractivity contribution in [3.63, 3.8) is 0 Å². The highest BCUT2D eigenvalue weighted by atomic mass is 16.1. The van der Waals surface area contributed by atoms with Crippen LogP contribution in [0.2, 0.25) is 0 Å². The van der Waals surface area contributed by atoms with E-state index in [0.717, 1.165) is 44.3 Å². The van der Waals surface area contributed by atoms with Gasteiger partial charge in [-0.3, -0.25) is 24.8 Å². The van der Waals surface area contributed by atoms with Crippen LogP contribution in [0.25, 0.3) is 55.8 Å². The minimum Gasteiger partial charge on any atom is -0.336 e. The summed E-state index contributed by atoms with van der Waals surface area (Å²) in [4.78, 5) is 33.0. The molecule has 0 radical (unpaired) electrons. The molecule has 5 aromatic heterocycles. The summed E-state index contributed by atoms with van der Waals surface area (Å²) < 4.78 is 0. The standard InChI is InChI=1S/C26H20N8O/c1-2-22(35)30-18-11-17(13-28-14-18)16-3-4-20-19(12-16)24(34-33-20)26-31-21-7-10-29-23(25(21)32-26)15-5-8-27-9-6-15/h3-14H,2H2,1H3,(H,30,35)(H,31,32)(H,33,34). The molecule has 5 heterocycles. The Morgan fingerprint density at radius 3 is 2.63 bits per heavy atom. The number of carbonyl (C=O) groups excluding carboxylic acids is 1. The predicted octanol–water partition coefficient (Wildman–Crippen LogP) is 4.97. The van der Waals surface area contributed by atoms with Gasteiger partial charge in [0.2, 0.25) is 5.91 Å². The van der Waals surface area contributed by atoms with E-state index in [2.05, 4.69) is 35.5 Å². The number of anilines is 1. The Bertz CT molecular complexity index is 1690. The van der Waals surface area contributed by atoms with E-state index in [4.69, 9.17) is 4.98 Å². The quantitative estimate of drug-likeness (QED) is 0.333. The molecular formula is C26H20N8O. The number of amides is 1. The van der Waals surface area contributed by atoms with Crippen molar-refractivity contribution >= 4 is 33.5 Å². The largest absolute Gasteiger partial charge is 0.336 e. The first-order valence-corrected chi connectivity index (χ1v) is 11.2. The van der Waals surface area contributed by atoms with Gasteiger partial charge in [0.05, 0.1) is 28.6 Å². The van der Waals surface area contributed by atoms with E-state index >= 15 is 0 Å². The average molecular weight is 461 g/mol. The number of hydrogen-bond donors (Lipinski definition) is 3. The highest BCUT2D eigenvalue weighted by Gasteiger charge is 2.16. The average Bonchev–Trinajstić information content (AvgIpc) is 3.53. The van der Waals surface area contributed by atoms with Crippen LogP contribution in [0, 0.1) is 0 Å². The zero-order chi connectivity index (χ0) is 23.8. The van der Waals surface area contributed by atoms with E-state index in [1.165, 1.54) is 0 Å². The summed E-state index contributed by atoms with van der Waals surface area (Å²) in [6, 6.07) is 13.7. The maximum absolute atomic E-state index is 11.8. The van der Waals surface area contributed by atoms with Gasteiger partial charge in [-0.1, -0.05) is 13.0 Å². The lowest BCUT2D eigenvalue weighted by Crippen LogP contribution is -2.09. The number of aromatic amines is 2. The Morgan fingerprint density at radius 1 is 0.886 bits per heavy atom. The van der Waals surface area contributed by atoms with Crippen molar-refractivity contribution in [2.24, 2.45) is 0 Å². The third kappa shape index (κ3) is 3.78. The monoisotopic (exact) mass is 460 g/mol. The van der Waals surface area contributed by atoms with Crippen molar-refractivity contribution in [2.75, 3.05) is 5.32 Å². The fraction of sp³-hybridized carbons (Fsp3) is 0.0769. The van der Waals surface area contributed by atoms with Crippen molar-refractivity contribution in [2.45, 2.75) is 13.3 Å². The van der Waals surface area contributed by atoms with Crippen molar-refractivity contribution in [3.8, 4) is 33.9 Å². The SMILES string of the molecule is CCC(=O)Nc1cncc(-c2ccc3[nH]nc(-c4nc5c(-c6ccncc6)nccc5[nH]4)c3c2)c1. The van der Waals surface area contributed by atoms with E-state index in [1.807, 2.05) is 49.4 Å². The molecule has 0 saturated carbocycles. The van der Waals surface area contributed by atoms with Crippen LogP contribution >= 0.6 is 0 Å². The van der Waals surface area contributed by atoms with Gasteiger partial charge in [0.25, 0.3) is 0 Å². The molecule has 9 heteroatoms. The van der Waals surface area contributed by atoms with Crippen molar-refractivity contribution in [1.82, 2.24) is 35.1 Å². The molecule has 0 spiro atoms. The fourth-order valence-electron chi connectivity index (χ4n) is 4.06. The van der Waals surface area contributed by atoms with Gasteiger partial charge in [0, 0.05) is 47.7 Å². The van der Waals surface area contributed by atoms with E-state index < -0.39 is 0 Å². The number of rotatable bonds is 5. The first-order chi connectivity index (χ1) is 17.2. The molecule has 35 heavy (non-hydrogen) atoms. The summed E-state index contributed by atoms with van der Waals surface area (Å²) in [5, 5.41) is 11.4. The summed E-state index contributed by atoms with van der Waals surface area (Å²) in [5.41, 5.74) is 7.47. The molecule has 0 aliphatic heterocycles. The van der Waals surface area contributed by atoms with Gasteiger partial charge >= 0.3 is 0 Å². The summed E-state index contributed by atoms with van der Waals surface area (Å²) in [6.07, 6.45) is 9.06. The zero-order valence-corrected chi connectivity index (χ0v) is 18.8. The zero-order valence-electron chi connectivity index (χ0n) is 18.8. The van der Waals surface area contributed by atoms with Crippen molar-refractivity contribution in [3.05, 3.63) is 73.4 Å². The molecule has 6 aromatic rings. The minimum atomic E-state index is -0.0537. The molecular weight excluding hydrogens is 440 g/mol. The highest BCUT2D eigenvalue weighted by molar-refractivity contribution is 5.98. The molecule has 0 aliphatic rings. The van der Waals surface area contributed by atoms with Crippen LogP contribution in [-0.4, -0.2) is 41.0 Å². The predicted molar refractivity (Wildman–Crippen MR) is 134 cm³/mol. The van der Waals surface area contributed by atoms with Gasteiger partial charge in [0.1, 0.15) is 11.2 Å². The van der Waals surface area contributed by atoms with E-state index in [9.17, 15) is 4.79 Å². The number of aromatic nitrogens is 7. The summed E-state index contributed by atoms with van der Waals surface area (Å²) >= 11 is 0. The molecule has 0 fully saturated rings. The molecule has 6 rings (SSSR count). The van der Waals surface area contributed by atoms with Crippen LogP contribution in [0.1, 0.15) is 13.3 Å². The number of benzene rings is 1. The van der Waals surface area contributed by atoms with Crippen LogP contribution in [0.4, 0.5) is 5.69 Å². The summed E-state index contributed by atoms with van der Waals surface area (Å²) in [6.45, 7) is 1.81. The molecule has 0 aliphatic carbocycles. The Hall–Kier alpha value is -4.92. The molecule has 0 bridgehead atoms. The maximum Gasteiger partial charge on any atom is 0.224 e. The number of nitrogens with one attached hydrogen (secondary N) is 3. The highest BCUT2D eigenvalue weighted by Crippen LogP contribution is 2.32. The minimum absolute atomic E-state index is 0.0537. The first kappa shape index (κ1) is 20.7. The second-order valence-corrected chi connectivity index (χ2v) is 8.07. The Kier molecular flexibility index (Phi) is 4.99. The van der Waals surface area contributed by atoms with Crippen LogP contribution in [-0.2, 0) is 4.79 Å². The Balaban J connectivity index is 1.43. The van der Waals surface area contributed by atoms with Crippen molar-refractivity contribution in [1.29, 1.82) is 0 Å². The molecule has 0 atom stereocenters. The molecule has 9 nitrogen and oxygen atoms in total. The van der Waals surface area contributed by atoms with Crippen molar-refractivity contribution < 1.29 is 4.79 Å². The molecule has 1 amide bonds. The van der Waals surface area contributed by atoms with E-state index in [1.54, 1.807) is 31.0 Å². The van der Waals surface area contributed by atoms with Gasteiger partial charge < -0.3 is 10.3 Å². The molecule has 1 aromatic carbocycles. The van der Waals surface area contributed by atoms with Crippen LogP contribution < -0.4 is 5.32 Å². The number of H-pyrrole nitrogens is 2. The second-order valence-electron chi connectivity index (χ2n) is 8.07. The van der Waals surface area contributed by atoms with Gasteiger partial charge in [-0.15, -0.1) is 0 Å². The second kappa shape index (κ2) is 8.45. The number of imidazole rings is 1. The molecule has 0 unspecified atom stereocenters. The third-order valence-electron chi connectivity index (χ3n) is 5.82. The topological polar surface area (TPSA) is 125 Å². The number of fused-ring (bicyclic) bond motifs is 2. The van der Waals surface area contributed by atoms with Gasteiger partial charge in [0.15, 0.2) is 5.82 Å². The number of hydrogen-bond acceptors (Lipinski definition) is 6. The first-order valence-electron chi connectivity index (χ1n) is 11.2. The van der Waals surface area contributed by atoms with Crippen LogP contribution in [0.3, 0.4) is 0 Å². The van der Waals surface area contributed by atoms with Crippen LogP contribution in [0.15, 0.2) is 73.4 Å². The normalized spacial score (nSPS) is 11.2. The van der Waals surface area contributed by atoms with Gasteiger partial charge in [-0.2, -0.15) is 5.10 Å². The Labute approximate surface area is 199 Å². The lowest BCUT2D eigenvalue weighted by molar-refractivity contribution is -0.115. The molecule has 170 valence electrons. The summed E-state index contributed by atoms with van der Waals surface area (Å²) in [5.74, 6) is 0.593. The number of carbonyl (C=O) groups is 1. The smallest absolute Gasteiger partial charge is 0.224 e.